The Labute approximate surface area is 218 Å². The van der Waals surface area contributed by atoms with Gasteiger partial charge in [-0.05, 0) is 30.2 Å². The van der Waals surface area contributed by atoms with Gasteiger partial charge in [0.25, 0.3) is 0 Å². The van der Waals surface area contributed by atoms with E-state index in [0.717, 1.165) is 21.8 Å². The van der Waals surface area contributed by atoms with Crippen LogP contribution in [0.5, 0.6) is 0 Å². The summed E-state index contributed by atoms with van der Waals surface area (Å²) in [6.07, 6.45) is -4.78. The Morgan fingerprint density at radius 3 is 2.29 bits per heavy atom. The quantitative estimate of drug-likeness (QED) is 0.442. The minimum absolute atomic E-state index is 0.0182. The molecule has 1 aliphatic rings. The van der Waals surface area contributed by atoms with E-state index in [1.807, 2.05) is 43.0 Å². The topological polar surface area (TPSA) is 122 Å². The first kappa shape index (κ1) is 27.7. The molecule has 1 saturated heterocycles. The molecule has 1 atom stereocenters. The molecule has 38 heavy (non-hydrogen) atoms. The van der Waals surface area contributed by atoms with Crippen molar-refractivity contribution in [2.45, 2.75) is 37.5 Å². The number of sulfonamides is 1. The Kier molecular flexibility index (Phi) is 7.90. The van der Waals surface area contributed by atoms with Gasteiger partial charge >= 0.3 is 6.18 Å². The van der Waals surface area contributed by atoms with Crippen LogP contribution < -0.4 is 11.1 Å². The van der Waals surface area contributed by atoms with Gasteiger partial charge in [0.2, 0.25) is 15.9 Å². The molecule has 1 fully saturated rings. The Morgan fingerprint density at radius 1 is 1.03 bits per heavy atom. The van der Waals surface area contributed by atoms with Crippen molar-refractivity contribution < 1.29 is 26.4 Å². The predicted octanol–water partition coefficient (Wildman–Crippen LogP) is 3.08. The molecule has 9 nitrogen and oxygen atoms in total. The highest BCUT2D eigenvalue weighted by molar-refractivity contribution is 7.89. The number of aromatic nitrogens is 2. The summed E-state index contributed by atoms with van der Waals surface area (Å²) in [6, 6.07) is 10.9. The Morgan fingerprint density at radius 2 is 1.66 bits per heavy atom. The monoisotopic (exact) mass is 550 g/mol. The van der Waals surface area contributed by atoms with Crippen molar-refractivity contribution >= 4 is 32.7 Å². The molecule has 1 aromatic heterocycles. The number of para-hydroxylation sites is 1. The zero-order valence-electron chi connectivity index (χ0n) is 20.9. The number of fused-ring (bicyclic) bond motifs is 1. The molecule has 0 spiro atoms. The zero-order valence-corrected chi connectivity index (χ0v) is 21.8. The molecular weight excluding hydrogens is 521 g/mol. The number of rotatable bonds is 8. The van der Waals surface area contributed by atoms with E-state index in [0.29, 0.717) is 17.2 Å². The fourth-order valence-electron chi connectivity index (χ4n) is 4.41. The van der Waals surface area contributed by atoms with Crippen molar-refractivity contribution in [3.05, 3.63) is 59.9 Å². The second-order valence-corrected chi connectivity index (χ2v) is 11.4. The van der Waals surface area contributed by atoms with Gasteiger partial charge in [-0.15, -0.1) is 0 Å². The van der Waals surface area contributed by atoms with E-state index in [-0.39, 0.29) is 38.6 Å². The van der Waals surface area contributed by atoms with Gasteiger partial charge in [-0.2, -0.15) is 17.5 Å². The molecule has 3 aromatic rings. The molecule has 2 aromatic carbocycles. The fraction of sp³-hybridized carbons (Fsp3) is 0.400. The number of halogens is 3. The summed E-state index contributed by atoms with van der Waals surface area (Å²) >= 11 is 0. The van der Waals surface area contributed by atoms with Crippen LogP contribution in [0.15, 0.2) is 53.4 Å². The van der Waals surface area contributed by atoms with Crippen LogP contribution >= 0.6 is 0 Å². The number of nitrogens with one attached hydrogen (secondary N) is 1. The SMILES string of the molecule is CC(C)[C@H](Nc1nc(CN2CCN(S(=O)(=O)c3ccccc3C(F)(F)F)CC2)nc2ccccc12)C(N)=O. The van der Waals surface area contributed by atoms with Crippen LogP contribution in [0.1, 0.15) is 25.2 Å². The molecule has 1 aliphatic heterocycles. The van der Waals surface area contributed by atoms with E-state index < -0.39 is 38.6 Å². The zero-order chi connectivity index (χ0) is 27.7. The van der Waals surface area contributed by atoms with Crippen LogP contribution in [-0.2, 0) is 27.5 Å². The summed E-state index contributed by atoms with van der Waals surface area (Å²) in [4.78, 5) is 22.4. The van der Waals surface area contributed by atoms with Gasteiger partial charge in [0.05, 0.1) is 22.5 Å². The average Bonchev–Trinajstić information content (AvgIpc) is 2.86. The molecule has 13 heteroatoms. The molecule has 0 bridgehead atoms. The lowest BCUT2D eigenvalue weighted by Crippen LogP contribution is -2.48. The first-order chi connectivity index (χ1) is 17.9. The lowest BCUT2D eigenvalue weighted by atomic mass is 10.0. The van der Waals surface area contributed by atoms with Gasteiger partial charge in [-0.25, -0.2) is 18.4 Å². The van der Waals surface area contributed by atoms with Crippen molar-refractivity contribution in [3.63, 3.8) is 0 Å². The fourth-order valence-corrected chi connectivity index (χ4v) is 6.05. The molecule has 0 unspecified atom stereocenters. The highest BCUT2D eigenvalue weighted by atomic mass is 32.2. The maximum Gasteiger partial charge on any atom is 0.417 e. The summed E-state index contributed by atoms with van der Waals surface area (Å²) in [6.45, 7) is 4.62. The van der Waals surface area contributed by atoms with Crippen molar-refractivity contribution in [1.29, 1.82) is 0 Å². The van der Waals surface area contributed by atoms with Crippen molar-refractivity contribution in [3.8, 4) is 0 Å². The second kappa shape index (κ2) is 10.8. The largest absolute Gasteiger partial charge is 0.417 e. The summed E-state index contributed by atoms with van der Waals surface area (Å²) in [5.74, 6) is 0.334. The maximum atomic E-state index is 13.4. The third-order valence-corrected chi connectivity index (χ3v) is 8.38. The number of piperazine rings is 1. The van der Waals surface area contributed by atoms with Gasteiger partial charge in [0.1, 0.15) is 17.7 Å². The number of hydrogen-bond acceptors (Lipinski definition) is 7. The van der Waals surface area contributed by atoms with Gasteiger partial charge in [-0.3, -0.25) is 9.69 Å². The number of nitrogens with zero attached hydrogens (tertiary/aromatic N) is 4. The number of carbonyl (C=O) groups is 1. The van der Waals surface area contributed by atoms with E-state index >= 15 is 0 Å². The first-order valence-corrected chi connectivity index (χ1v) is 13.5. The number of nitrogens with two attached hydrogens (primary N) is 1. The number of primary amides is 1. The van der Waals surface area contributed by atoms with Crippen molar-refractivity contribution in [2.24, 2.45) is 11.7 Å². The number of alkyl halides is 3. The summed E-state index contributed by atoms with van der Waals surface area (Å²) in [7, 11) is -4.34. The van der Waals surface area contributed by atoms with Crippen LogP contribution in [0.25, 0.3) is 10.9 Å². The molecule has 204 valence electrons. The highest BCUT2D eigenvalue weighted by Crippen LogP contribution is 2.35. The van der Waals surface area contributed by atoms with E-state index in [1.165, 1.54) is 12.1 Å². The lowest BCUT2D eigenvalue weighted by molar-refractivity contribution is -0.140. The number of amides is 1. The van der Waals surface area contributed by atoms with Gasteiger partial charge in [-0.1, -0.05) is 38.1 Å². The molecule has 1 amide bonds. The summed E-state index contributed by atoms with van der Waals surface area (Å²) in [5.41, 5.74) is 5.06. The van der Waals surface area contributed by atoms with Gasteiger partial charge < -0.3 is 11.1 Å². The Hall–Kier alpha value is -3.29. The third-order valence-electron chi connectivity index (χ3n) is 6.42. The summed E-state index contributed by atoms with van der Waals surface area (Å²) in [5, 5.41) is 3.86. The normalized spacial score (nSPS) is 16.6. The van der Waals surface area contributed by atoms with Crippen LogP contribution in [0.2, 0.25) is 0 Å². The third kappa shape index (κ3) is 5.89. The lowest BCUT2D eigenvalue weighted by Gasteiger charge is -2.34. The maximum absolute atomic E-state index is 13.4. The van der Waals surface area contributed by atoms with Crippen LogP contribution in [0.4, 0.5) is 19.0 Å². The highest BCUT2D eigenvalue weighted by Gasteiger charge is 2.39. The van der Waals surface area contributed by atoms with Crippen molar-refractivity contribution in [1.82, 2.24) is 19.2 Å². The summed E-state index contributed by atoms with van der Waals surface area (Å²) < 4.78 is 67.5. The molecule has 2 heterocycles. The molecular formula is C25H29F3N6O3S. The minimum Gasteiger partial charge on any atom is -0.368 e. The van der Waals surface area contributed by atoms with E-state index in [2.05, 4.69) is 15.3 Å². The van der Waals surface area contributed by atoms with Crippen molar-refractivity contribution in [2.75, 3.05) is 31.5 Å². The van der Waals surface area contributed by atoms with Crippen LogP contribution in [0.3, 0.4) is 0 Å². The van der Waals surface area contributed by atoms with E-state index in [1.54, 1.807) is 0 Å². The number of anilines is 1. The molecule has 0 radical (unpaired) electrons. The molecule has 0 saturated carbocycles. The number of hydrogen-bond donors (Lipinski definition) is 2. The van der Waals surface area contributed by atoms with Gasteiger partial charge in [0.15, 0.2) is 0 Å². The van der Waals surface area contributed by atoms with Crippen LogP contribution in [0, 0.1) is 5.92 Å². The Bertz CT molecular complexity index is 1420. The Balaban J connectivity index is 1.52. The molecule has 0 aliphatic carbocycles. The molecule has 3 N–H and O–H groups in total. The number of carbonyl (C=O) groups excluding carboxylic acids is 1. The second-order valence-electron chi connectivity index (χ2n) is 9.45. The smallest absolute Gasteiger partial charge is 0.368 e. The standard InChI is InChI=1S/C25H29F3N6O3S/c1-16(2)22(23(29)35)32-24-17-7-3-5-9-19(17)30-21(31-24)15-33-11-13-34(14-12-33)38(36,37)20-10-6-4-8-18(20)25(26,27)28/h3-10,16,22H,11-15H2,1-2H3,(H2,29,35)(H,30,31,32)/t22-/m0/s1. The van der Waals surface area contributed by atoms with E-state index in [4.69, 9.17) is 5.73 Å². The van der Waals surface area contributed by atoms with Gasteiger partial charge in [0, 0.05) is 31.6 Å². The first-order valence-electron chi connectivity index (χ1n) is 12.1. The number of benzene rings is 2. The molecule has 4 rings (SSSR count). The average molecular weight is 551 g/mol. The minimum atomic E-state index is -4.78. The predicted molar refractivity (Wildman–Crippen MR) is 136 cm³/mol. The van der Waals surface area contributed by atoms with Crippen LogP contribution in [-0.4, -0.2) is 65.7 Å². The van der Waals surface area contributed by atoms with E-state index in [9.17, 15) is 26.4 Å².